The van der Waals surface area contributed by atoms with E-state index in [4.69, 9.17) is 0 Å². The summed E-state index contributed by atoms with van der Waals surface area (Å²) in [4.78, 5) is 1.34. The van der Waals surface area contributed by atoms with Crippen LogP contribution in [0.3, 0.4) is 0 Å². The third-order valence-electron chi connectivity index (χ3n) is 14.0. The van der Waals surface area contributed by atoms with Gasteiger partial charge in [-0.2, -0.15) is 0 Å². The molecule has 2 heterocycles. The number of fused-ring (bicyclic) bond motifs is 6. The SMILES string of the molecule is CCC1(CC)c2cc(/C=C/C3=CCC(c4ccc(C(c5ccccc5)(c5ccccc5)c5ccccc5)cc4)S3)ccc2-c2ccc(-n3c4ccccc4c4ccccc43)cc21. The highest BCUT2D eigenvalue weighted by Crippen LogP contribution is 2.54. The molecule has 0 N–H and O–H groups in total. The number of para-hydroxylation sites is 2. The molecule has 0 bridgehead atoms. The molecule has 1 unspecified atom stereocenters. The summed E-state index contributed by atoms with van der Waals surface area (Å²) in [7, 11) is 0. The van der Waals surface area contributed by atoms with Gasteiger partial charge in [-0.15, -0.1) is 11.8 Å². The number of benzene rings is 8. The molecule has 0 spiro atoms. The highest BCUT2D eigenvalue weighted by atomic mass is 32.2. The maximum atomic E-state index is 2.49. The quantitative estimate of drug-likeness (QED) is 0.125. The second kappa shape index (κ2) is 15.7. The molecule has 62 heavy (non-hydrogen) atoms. The molecule has 2 heteroatoms. The van der Waals surface area contributed by atoms with E-state index in [0.29, 0.717) is 5.25 Å². The van der Waals surface area contributed by atoms with Gasteiger partial charge in [-0.25, -0.2) is 0 Å². The van der Waals surface area contributed by atoms with E-state index >= 15 is 0 Å². The van der Waals surface area contributed by atoms with Crippen LogP contribution in [0.25, 0.3) is 44.7 Å². The van der Waals surface area contributed by atoms with E-state index in [9.17, 15) is 0 Å². The molecule has 1 nitrogen and oxygen atoms in total. The van der Waals surface area contributed by atoms with Crippen molar-refractivity contribution in [3.63, 3.8) is 0 Å². The van der Waals surface area contributed by atoms with Crippen LogP contribution < -0.4 is 0 Å². The standard InChI is InChI=1S/C60H49NS/c1-3-59(4-2)54-40-42(29-37-50(54)51-38-34-48(41-55(51)59)61-56-26-16-14-24-52(56)53-25-15-17-27-57(53)61)28-35-49-36-39-58(62-49)43-30-32-47(33-31-43)60(44-18-8-5-9-19-44,45-20-10-6-11-21-45)46-22-12-7-13-23-46/h5-38,40-41,58H,3-4,39H2,1-2H3/b35-28+. The minimum absolute atomic E-state index is 0.0406. The number of nitrogens with zero attached hydrogens (tertiary/aromatic N) is 1. The molecule has 1 aromatic heterocycles. The van der Waals surface area contributed by atoms with E-state index < -0.39 is 5.41 Å². The van der Waals surface area contributed by atoms with Crippen molar-refractivity contribution in [1.82, 2.24) is 4.57 Å². The van der Waals surface area contributed by atoms with Gasteiger partial charge >= 0.3 is 0 Å². The molecule has 0 fully saturated rings. The number of hydrogen-bond donors (Lipinski definition) is 0. The number of aromatic nitrogens is 1. The molecule has 11 rings (SSSR count). The first kappa shape index (κ1) is 38.3. The summed E-state index contributed by atoms with van der Waals surface area (Å²) in [5.41, 5.74) is 16.6. The monoisotopic (exact) mass is 815 g/mol. The van der Waals surface area contributed by atoms with Gasteiger partial charge < -0.3 is 4.57 Å². The summed E-state index contributed by atoms with van der Waals surface area (Å²) in [5.74, 6) is 0. The van der Waals surface area contributed by atoms with Crippen molar-refractivity contribution in [1.29, 1.82) is 0 Å². The maximum Gasteiger partial charge on any atom is 0.0701 e. The topological polar surface area (TPSA) is 4.93 Å². The van der Waals surface area contributed by atoms with Crippen molar-refractivity contribution >= 4 is 39.6 Å². The fourth-order valence-electron chi connectivity index (χ4n) is 10.9. The molecule has 0 radical (unpaired) electrons. The van der Waals surface area contributed by atoms with Gasteiger partial charge in [0.1, 0.15) is 0 Å². The normalized spacial score (nSPS) is 15.6. The van der Waals surface area contributed by atoms with Crippen LogP contribution in [0.4, 0.5) is 0 Å². The van der Waals surface area contributed by atoms with Crippen LogP contribution in [0.5, 0.6) is 0 Å². The molecule has 300 valence electrons. The molecule has 1 atom stereocenters. The summed E-state index contributed by atoms with van der Waals surface area (Å²) in [6.07, 6.45) is 10.2. The van der Waals surface area contributed by atoms with Crippen LogP contribution in [0.1, 0.15) is 82.9 Å². The van der Waals surface area contributed by atoms with Gasteiger partial charge in [-0.1, -0.05) is 202 Å². The van der Waals surface area contributed by atoms with Crippen molar-refractivity contribution in [3.05, 3.63) is 262 Å². The molecule has 1 aliphatic heterocycles. The third-order valence-corrected chi connectivity index (χ3v) is 15.3. The fraction of sp³-hybridized carbons (Fsp3) is 0.133. The molecule has 1 aliphatic carbocycles. The smallest absolute Gasteiger partial charge is 0.0701 e. The van der Waals surface area contributed by atoms with Gasteiger partial charge in [-0.05, 0) is 105 Å². The van der Waals surface area contributed by atoms with Crippen molar-refractivity contribution < 1.29 is 0 Å². The van der Waals surface area contributed by atoms with Crippen LogP contribution in [0.15, 0.2) is 217 Å². The number of hydrogen-bond acceptors (Lipinski definition) is 1. The molecule has 8 aromatic carbocycles. The summed E-state index contributed by atoms with van der Waals surface area (Å²) < 4.78 is 2.46. The predicted octanol–water partition coefficient (Wildman–Crippen LogP) is 16.0. The summed E-state index contributed by atoms with van der Waals surface area (Å²) in [5, 5.41) is 2.98. The van der Waals surface area contributed by atoms with Crippen molar-refractivity contribution in [2.24, 2.45) is 0 Å². The van der Waals surface area contributed by atoms with Gasteiger partial charge in [-0.3, -0.25) is 0 Å². The molecule has 0 amide bonds. The lowest BCUT2D eigenvalue weighted by molar-refractivity contribution is 0.490. The third kappa shape index (κ3) is 6.07. The number of rotatable bonds is 10. The summed E-state index contributed by atoms with van der Waals surface area (Å²) in [6, 6.07) is 74.5. The molecule has 2 aliphatic rings. The van der Waals surface area contributed by atoms with E-state index in [0.717, 1.165) is 19.3 Å². The molecular formula is C60H49NS. The lowest BCUT2D eigenvalue weighted by Gasteiger charge is -2.37. The van der Waals surface area contributed by atoms with Crippen molar-refractivity contribution in [2.45, 2.75) is 49.2 Å². The second-order valence-corrected chi connectivity index (χ2v) is 18.2. The van der Waals surface area contributed by atoms with Gasteiger partial charge in [0.2, 0.25) is 0 Å². The highest BCUT2D eigenvalue weighted by Gasteiger charge is 2.41. The van der Waals surface area contributed by atoms with Crippen LogP contribution in [-0.4, -0.2) is 4.57 Å². The van der Waals surface area contributed by atoms with Crippen LogP contribution in [0.2, 0.25) is 0 Å². The lowest BCUT2D eigenvalue weighted by Crippen LogP contribution is -2.31. The number of allylic oxidation sites excluding steroid dienone is 2. The molecular weight excluding hydrogens is 767 g/mol. The Hall–Kier alpha value is -6.61. The van der Waals surface area contributed by atoms with Gasteiger partial charge in [0.05, 0.1) is 16.4 Å². The molecule has 0 saturated heterocycles. The van der Waals surface area contributed by atoms with Gasteiger partial charge in [0.25, 0.3) is 0 Å². The zero-order valence-corrected chi connectivity index (χ0v) is 36.2. The van der Waals surface area contributed by atoms with E-state index in [1.807, 2.05) is 11.8 Å². The average Bonchev–Trinajstić information content (AvgIpc) is 4.04. The van der Waals surface area contributed by atoms with E-state index in [1.54, 1.807) is 0 Å². The van der Waals surface area contributed by atoms with Crippen LogP contribution in [-0.2, 0) is 10.8 Å². The van der Waals surface area contributed by atoms with Crippen molar-refractivity contribution in [2.75, 3.05) is 0 Å². The zero-order valence-electron chi connectivity index (χ0n) is 35.3. The predicted molar refractivity (Wildman–Crippen MR) is 264 cm³/mol. The van der Waals surface area contributed by atoms with Gasteiger partial charge in [0, 0.05) is 32.0 Å². The van der Waals surface area contributed by atoms with Crippen LogP contribution in [0, 0.1) is 0 Å². The molecule has 9 aromatic rings. The fourth-order valence-corrected chi connectivity index (χ4v) is 12.1. The average molecular weight is 816 g/mol. The Morgan fingerprint density at radius 3 is 1.60 bits per heavy atom. The lowest BCUT2D eigenvalue weighted by atomic mass is 9.65. The Morgan fingerprint density at radius 2 is 1.03 bits per heavy atom. The van der Waals surface area contributed by atoms with E-state index in [-0.39, 0.29) is 5.41 Å². The summed E-state index contributed by atoms with van der Waals surface area (Å²) in [6.45, 7) is 4.74. The highest BCUT2D eigenvalue weighted by molar-refractivity contribution is 8.03. The largest absolute Gasteiger partial charge is 0.309 e. The zero-order chi connectivity index (χ0) is 41.7. The first-order valence-corrected chi connectivity index (χ1v) is 23.1. The first-order chi connectivity index (χ1) is 30.6. The first-order valence-electron chi connectivity index (χ1n) is 22.2. The Labute approximate surface area is 370 Å². The Bertz CT molecular complexity index is 2980. The Morgan fingerprint density at radius 1 is 0.532 bits per heavy atom. The van der Waals surface area contributed by atoms with Crippen LogP contribution >= 0.6 is 11.8 Å². The second-order valence-electron chi connectivity index (χ2n) is 16.9. The number of thioether (sulfide) groups is 1. The van der Waals surface area contributed by atoms with E-state index in [2.05, 4.69) is 237 Å². The Kier molecular flexibility index (Phi) is 9.70. The molecule has 0 saturated carbocycles. The van der Waals surface area contributed by atoms with Gasteiger partial charge in [0.15, 0.2) is 0 Å². The minimum atomic E-state index is -0.434. The maximum absolute atomic E-state index is 2.49. The van der Waals surface area contributed by atoms with E-state index in [1.165, 1.54) is 88.0 Å². The minimum Gasteiger partial charge on any atom is -0.309 e. The summed E-state index contributed by atoms with van der Waals surface area (Å²) >= 11 is 1.98. The van der Waals surface area contributed by atoms with Crippen molar-refractivity contribution in [3.8, 4) is 16.8 Å². The Balaban J connectivity index is 0.868.